The molecule has 11 nitrogen and oxygen atoms in total. The predicted octanol–water partition coefficient (Wildman–Crippen LogP) is 0.0340. The van der Waals surface area contributed by atoms with Crippen LogP contribution in [0.4, 0.5) is 0 Å². The molecule has 0 amide bonds. The van der Waals surface area contributed by atoms with Gasteiger partial charge in [-0.15, -0.1) is 0 Å². The second kappa shape index (κ2) is 9.52. The van der Waals surface area contributed by atoms with Gasteiger partial charge in [-0.3, -0.25) is 9.59 Å². The van der Waals surface area contributed by atoms with Crippen LogP contribution >= 0.6 is 0 Å². The molecule has 1 aliphatic heterocycles. The molecule has 0 unspecified atom stereocenters. The zero-order valence-electron chi connectivity index (χ0n) is 22.6. The SMILES string of the molecule is C[C@]12CC[C@H](O[C@@H]3O[C@H](CO)[C@H](O)[C@H]3O)C(=O)[C@@H]1CC[C@@H]1[C@@H]2[C@H](O)C(=O)[C@]2(C)[C@@H](c3ccc(=O)oc3)CC[C@]12O. The summed E-state index contributed by atoms with van der Waals surface area (Å²) in [5.41, 5.74) is -3.34. The molecule has 1 saturated heterocycles. The molecule has 4 aliphatic carbocycles. The standard InChI is InChI=1S/C29H38O11/c1-27-9-8-17(39-26-24(35)22(33)18(11-30)40-26)21(32)16(27)5-4-15-20(27)23(34)25(36)28(2)14(7-10-29(15,28)37)13-3-6-19(31)38-12-13/h3,6,12,14-18,20,22-24,26,30,33-35,37H,4-5,7-11H2,1-2H3/t14-,15-,16+,17+,18-,20-,22+,23+,24-,26-,27+,28+,29+/m1/s1. The summed E-state index contributed by atoms with van der Waals surface area (Å²) < 4.78 is 16.3. The molecular formula is C29H38O11. The van der Waals surface area contributed by atoms with Gasteiger partial charge in [0.2, 0.25) is 0 Å². The average molecular weight is 563 g/mol. The number of fused-ring (bicyclic) bond motifs is 5. The van der Waals surface area contributed by atoms with Crippen molar-refractivity contribution in [3.8, 4) is 0 Å². The van der Waals surface area contributed by atoms with Gasteiger partial charge in [0.05, 0.1) is 23.9 Å². The lowest BCUT2D eigenvalue weighted by molar-refractivity contribution is -0.235. The number of rotatable bonds is 4. The summed E-state index contributed by atoms with van der Waals surface area (Å²) in [6.07, 6.45) is -3.58. The Labute approximate surface area is 231 Å². The lowest BCUT2D eigenvalue weighted by Gasteiger charge is -2.63. The van der Waals surface area contributed by atoms with Crippen molar-refractivity contribution in [3.05, 3.63) is 34.4 Å². The Hall–Kier alpha value is -1.99. The van der Waals surface area contributed by atoms with E-state index in [2.05, 4.69) is 0 Å². The van der Waals surface area contributed by atoms with Crippen LogP contribution in [-0.2, 0) is 19.1 Å². The Morgan fingerprint density at radius 3 is 2.38 bits per heavy atom. The van der Waals surface area contributed by atoms with Crippen molar-refractivity contribution in [2.45, 2.75) is 101 Å². The lowest BCUT2D eigenvalue weighted by Crippen LogP contribution is -2.71. The third kappa shape index (κ3) is 3.65. The number of carbonyl (C=O) groups is 2. The van der Waals surface area contributed by atoms with Gasteiger partial charge in [0.15, 0.2) is 17.9 Å². The van der Waals surface area contributed by atoms with Crippen molar-refractivity contribution in [1.29, 1.82) is 0 Å². The number of aliphatic hydroxyl groups excluding tert-OH is 4. The molecule has 11 heteroatoms. The maximum atomic E-state index is 14.1. The Morgan fingerprint density at radius 2 is 1.73 bits per heavy atom. The Balaban J connectivity index is 1.27. The Kier molecular flexibility index (Phi) is 6.70. The molecule has 0 aromatic carbocycles. The van der Waals surface area contributed by atoms with E-state index in [1.165, 1.54) is 12.3 Å². The predicted molar refractivity (Wildman–Crippen MR) is 136 cm³/mol. The molecule has 5 fully saturated rings. The van der Waals surface area contributed by atoms with Gasteiger partial charge in [-0.05, 0) is 68.4 Å². The topological polar surface area (TPSA) is 184 Å². The smallest absolute Gasteiger partial charge is 0.335 e. The van der Waals surface area contributed by atoms with Crippen molar-refractivity contribution in [1.82, 2.24) is 0 Å². The molecule has 13 atom stereocenters. The van der Waals surface area contributed by atoms with Crippen LogP contribution in [0.15, 0.2) is 27.6 Å². The fourth-order valence-corrected chi connectivity index (χ4v) is 9.26. The van der Waals surface area contributed by atoms with E-state index in [0.717, 1.165) is 0 Å². The highest BCUT2D eigenvalue weighted by Crippen LogP contribution is 2.69. The van der Waals surface area contributed by atoms with Crippen LogP contribution in [0.1, 0.15) is 63.9 Å². The average Bonchev–Trinajstić information content (AvgIpc) is 3.37. The van der Waals surface area contributed by atoms with E-state index in [-0.39, 0.29) is 12.2 Å². The van der Waals surface area contributed by atoms with Crippen LogP contribution in [0.5, 0.6) is 0 Å². The summed E-state index contributed by atoms with van der Waals surface area (Å²) in [5, 5.41) is 53.7. The summed E-state index contributed by atoms with van der Waals surface area (Å²) in [7, 11) is 0. The minimum absolute atomic E-state index is 0.214. The van der Waals surface area contributed by atoms with E-state index in [1.807, 2.05) is 6.92 Å². The number of ketones is 2. The molecule has 2 heterocycles. The maximum absolute atomic E-state index is 14.1. The summed E-state index contributed by atoms with van der Waals surface area (Å²) in [4.78, 5) is 39.3. The first-order valence-corrected chi connectivity index (χ1v) is 14.2. The van der Waals surface area contributed by atoms with E-state index in [1.54, 1.807) is 13.0 Å². The van der Waals surface area contributed by atoms with Gasteiger partial charge >= 0.3 is 5.63 Å². The first kappa shape index (κ1) is 28.1. The van der Waals surface area contributed by atoms with Crippen molar-refractivity contribution in [2.24, 2.45) is 28.6 Å². The highest BCUT2D eigenvalue weighted by atomic mass is 16.7. The second-order valence-electron chi connectivity index (χ2n) is 13.0. The van der Waals surface area contributed by atoms with E-state index in [0.29, 0.717) is 37.7 Å². The lowest BCUT2D eigenvalue weighted by atomic mass is 9.42. The fraction of sp³-hybridized carbons (Fsp3) is 0.759. The van der Waals surface area contributed by atoms with Crippen LogP contribution < -0.4 is 5.63 Å². The molecule has 4 saturated carbocycles. The van der Waals surface area contributed by atoms with Crippen molar-refractivity contribution >= 4 is 11.6 Å². The molecular weight excluding hydrogens is 524 g/mol. The van der Waals surface area contributed by atoms with Crippen LogP contribution in [0.25, 0.3) is 0 Å². The third-order valence-corrected chi connectivity index (χ3v) is 11.4. The summed E-state index contributed by atoms with van der Waals surface area (Å²) in [6.45, 7) is 3.12. The highest BCUT2D eigenvalue weighted by Gasteiger charge is 2.74. The van der Waals surface area contributed by atoms with E-state index in [9.17, 15) is 39.9 Å². The molecule has 1 aromatic heterocycles. The Bertz CT molecular complexity index is 1230. The van der Waals surface area contributed by atoms with Gasteiger partial charge in [-0.1, -0.05) is 6.92 Å². The molecule has 5 aliphatic rings. The van der Waals surface area contributed by atoms with Gasteiger partial charge in [0.25, 0.3) is 0 Å². The summed E-state index contributed by atoms with van der Waals surface area (Å²) in [5.74, 6) is -2.70. The van der Waals surface area contributed by atoms with Gasteiger partial charge < -0.3 is 39.4 Å². The molecule has 1 aromatic rings. The summed E-state index contributed by atoms with van der Waals surface area (Å²) >= 11 is 0. The maximum Gasteiger partial charge on any atom is 0.335 e. The molecule has 0 bridgehead atoms. The third-order valence-electron chi connectivity index (χ3n) is 11.4. The number of ether oxygens (including phenoxy) is 2. The fourth-order valence-electron chi connectivity index (χ4n) is 9.26. The van der Waals surface area contributed by atoms with Crippen LogP contribution in [0.3, 0.4) is 0 Å². The minimum atomic E-state index is -1.41. The summed E-state index contributed by atoms with van der Waals surface area (Å²) in [6, 6.07) is 2.91. The van der Waals surface area contributed by atoms with Gasteiger partial charge in [-0.25, -0.2) is 4.79 Å². The first-order chi connectivity index (χ1) is 18.9. The van der Waals surface area contributed by atoms with Gasteiger partial charge in [-0.2, -0.15) is 0 Å². The van der Waals surface area contributed by atoms with E-state index in [4.69, 9.17) is 13.9 Å². The van der Waals surface area contributed by atoms with E-state index >= 15 is 0 Å². The largest absolute Gasteiger partial charge is 0.431 e. The normalized spacial score (nSPS) is 50.4. The zero-order valence-corrected chi connectivity index (χ0v) is 22.6. The molecule has 0 spiro atoms. The molecule has 0 radical (unpaired) electrons. The van der Waals surface area contributed by atoms with Crippen molar-refractivity contribution in [2.75, 3.05) is 6.61 Å². The number of Topliss-reactive ketones (excluding diaryl/α,β-unsaturated/α-hetero) is 2. The molecule has 5 N–H and O–H groups in total. The molecule has 220 valence electrons. The first-order valence-electron chi connectivity index (χ1n) is 14.2. The number of hydrogen-bond acceptors (Lipinski definition) is 11. The molecule has 40 heavy (non-hydrogen) atoms. The van der Waals surface area contributed by atoms with Crippen molar-refractivity contribution in [3.63, 3.8) is 0 Å². The zero-order chi connectivity index (χ0) is 28.8. The van der Waals surface area contributed by atoms with E-state index < -0.39 is 94.9 Å². The molecule has 6 rings (SSSR count). The van der Waals surface area contributed by atoms with Crippen LogP contribution in [0, 0.1) is 28.6 Å². The second-order valence-corrected chi connectivity index (χ2v) is 13.0. The minimum Gasteiger partial charge on any atom is -0.431 e. The van der Waals surface area contributed by atoms with Crippen molar-refractivity contribution < 1.29 is 49.0 Å². The number of carbonyl (C=O) groups excluding carboxylic acids is 2. The Morgan fingerprint density at radius 1 is 0.975 bits per heavy atom. The highest BCUT2D eigenvalue weighted by molar-refractivity contribution is 5.93. The van der Waals surface area contributed by atoms with Crippen LogP contribution in [0.2, 0.25) is 0 Å². The van der Waals surface area contributed by atoms with Gasteiger partial charge in [0, 0.05) is 23.8 Å². The van der Waals surface area contributed by atoms with Gasteiger partial charge in [0.1, 0.15) is 30.5 Å². The monoisotopic (exact) mass is 562 g/mol. The quantitative estimate of drug-likeness (QED) is 0.334. The number of aliphatic hydroxyl groups is 5. The number of hydrogen-bond donors (Lipinski definition) is 5. The van der Waals surface area contributed by atoms with Crippen LogP contribution in [-0.4, -0.2) is 86.1 Å².